The van der Waals surface area contributed by atoms with Gasteiger partial charge in [-0.2, -0.15) is 0 Å². The second-order valence-corrected chi connectivity index (χ2v) is 5.07. The molecule has 1 amide bonds. The Bertz CT molecular complexity index is 383. The number of thioether (sulfide) groups is 1. The third kappa shape index (κ3) is 5.56. The van der Waals surface area contributed by atoms with Crippen molar-refractivity contribution in [2.75, 3.05) is 32.4 Å². The quantitative estimate of drug-likeness (QED) is 0.518. The van der Waals surface area contributed by atoms with E-state index in [1.54, 1.807) is 16.6 Å². The second kappa shape index (κ2) is 8.87. The number of tetrazole rings is 1. The first-order chi connectivity index (χ1) is 9.19. The number of amides is 1. The summed E-state index contributed by atoms with van der Waals surface area (Å²) in [5.41, 5.74) is 0. The lowest BCUT2D eigenvalue weighted by atomic mass is 10.5. The summed E-state index contributed by atoms with van der Waals surface area (Å²) in [6.45, 7) is 7.32. The minimum absolute atomic E-state index is 0.0890. The maximum atomic E-state index is 11.7. The van der Waals surface area contributed by atoms with E-state index in [1.165, 1.54) is 11.8 Å². The van der Waals surface area contributed by atoms with E-state index < -0.39 is 0 Å². The van der Waals surface area contributed by atoms with Gasteiger partial charge < -0.3 is 10.2 Å². The van der Waals surface area contributed by atoms with Gasteiger partial charge in [0.1, 0.15) is 0 Å². The van der Waals surface area contributed by atoms with E-state index in [9.17, 15) is 4.79 Å². The number of carbonyl (C=O) groups is 1. The van der Waals surface area contributed by atoms with Crippen LogP contribution in [0.5, 0.6) is 0 Å². The van der Waals surface area contributed by atoms with Crippen LogP contribution < -0.4 is 5.32 Å². The summed E-state index contributed by atoms with van der Waals surface area (Å²) in [7, 11) is 1.79. The van der Waals surface area contributed by atoms with Crippen molar-refractivity contribution in [3.63, 3.8) is 0 Å². The van der Waals surface area contributed by atoms with Crippen LogP contribution in [0.4, 0.5) is 0 Å². The Labute approximate surface area is 118 Å². The molecule has 1 rings (SSSR count). The van der Waals surface area contributed by atoms with Crippen LogP contribution in [0.3, 0.4) is 0 Å². The SMILES string of the molecule is CCCNCCn1nnnc1SCC(=O)N(C)CC. The molecule has 0 saturated carbocycles. The average Bonchev–Trinajstić information content (AvgIpc) is 2.87. The number of carbonyl (C=O) groups excluding carboxylic acids is 1. The normalized spacial score (nSPS) is 10.7. The van der Waals surface area contributed by atoms with E-state index in [1.807, 2.05) is 6.92 Å². The molecule has 1 aromatic heterocycles. The van der Waals surface area contributed by atoms with Crippen LogP contribution in [0.1, 0.15) is 20.3 Å². The maximum Gasteiger partial charge on any atom is 0.232 e. The van der Waals surface area contributed by atoms with Gasteiger partial charge in [-0.05, 0) is 30.3 Å². The standard InChI is InChI=1S/C11H22N6OS/c1-4-6-12-7-8-17-11(13-14-15-17)19-9-10(18)16(3)5-2/h12H,4-9H2,1-3H3. The van der Waals surface area contributed by atoms with Crippen molar-refractivity contribution in [1.82, 2.24) is 30.4 Å². The lowest BCUT2D eigenvalue weighted by Crippen LogP contribution is -2.28. The highest BCUT2D eigenvalue weighted by Crippen LogP contribution is 2.13. The molecule has 108 valence electrons. The van der Waals surface area contributed by atoms with Gasteiger partial charge in [-0.15, -0.1) is 5.10 Å². The van der Waals surface area contributed by atoms with Gasteiger partial charge in [-0.3, -0.25) is 4.79 Å². The summed E-state index contributed by atoms with van der Waals surface area (Å²) in [6.07, 6.45) is 1.11. The van der Waals surface area contributed by atoms with Gasteiger partial charge in [0.25, 0.3) is 0 Å². The van der Waals surface area contributed by atoms with E-state index in [0.717, 1.165) is 19.5 Å². The van der Waals surface area contributed by atoms with Crippen molar-refractivity contribution in [2.45, 2.75) is 32.0 Å². The third-order valence-electron chi connectivity index (χ3n) is 2.65. The molecule has 1 aromatic rings. The molecule has 0 aliphatic heterocycles. The number of hydrogen-bond acceptors (Lipinski definition) is 6. The summed E-state index contributed by atoms with van der Waals surface area (Å²) in [5, 5.41) is 15.5. The number of nitrogens with zero attached hydrogens (tertiary/aromatic N) is 5. The van der Waals surface area contributed by atoms with Crippen molar-refractivity contribution in [3.05, 3.63) is 0 Å². The number of hydrogen-bond donors (Lipinski definition) is 1. The molecule has 8 heteroatoms. The van der Waals surface area contributed by atoms with Gasteiger partial charge in [0.15, 0.2) is 0 Å². The fraction of sp³-hybridized carbons (Fsp3) is 0.818. The average molecular weight is 286 g/mol. The van der Waals surface area contributed by atoms with Gasteiger partial charge >= 0.3 is 0 Å². The van der Waals surface area contributed by atoms with Crippen molar-refractivity contribution >= 4 is 17.7 Å². The number of nitrogens with one attached hydrogen (secondary N) is 1. The monoisotopic (exact) mass is 286 g/mol. The minimum Gasteiger partial charge on any atom is -0.345 e. The van der Waals surface area contributed by atoms with E-state index in [4.69, 9.17) is 0 Å². The first-order valence-corrected chi connectivity index (χ1v) is 7.51. The zero-order chi connectivity index (χ0) is 14.1. The molecule has 0 unspecified atom stereocenters. The van der Waals surface area contributed by atoms with Gasteiger partial charge in [-0.1, -0.05) is 18.7 Å². The highest BCUT2D eigenvalue weighted by Gasteiger charge is 2.11. The van der Waals surface area contributed by atoms with Crippen molar-refractivity contribution < 1.29 is 4.79 Å². The maximum absolute atomic E-state index is 11.7. The molecule has 1 N–H and O–H groups in total. The van der Waals surface area contributed by atoms with E-state index in [0.29, 0.717) is 24.0 Å². The highest BCUT2D eigenvalue weighted by molar-refractivity contribution is 7.99. The number of aromatic nitrogens is 4. The largest absolute Gasteiger partial charge is 0.345 e. The summed E-state index contributed by atoms with van der Waals surface area (Å²) >= 11 is 1.38. The van der Waals surface area contributed by atoms with Crippen LogP contribution in [0, 0.1) is 0 Å². The van der Waals surface area contributed by atoms with Crippen LogP contribution in [-0.4, -0.2) is 63.4 Å². The molecular weight excluding hydrogens is 264 g/mol. The van der Waals surface area contributed by atoms with Crippen LogP contribution in [0.15, 0.2) is 5.16 Å². The Balaban J connectivity index is 2.38. The molecule has 0 atom stereocenters. The van der Waals surface area contributed by atoms with Gasteiger partial charge in [0.2, 0.25) is 11.1 Å². The summed E-state index contributed by atoms with van der Waals surface area (Å²) in [4.78, 5) is 13.4. The van der Waals surface area contributed by atoms with Crippen LogP contribution >= 0.6 is 11.8 Å². The summed E-state index contributed by atoms with van der Waals surface area (Å²) in [5.74, 6) is 0.457. The molecule has 0 bridgehead atoms. The molecular formula is C11H22N6OS. The molecule has 0 aliphatic carbocycles. The molecule has 0 aliphatic rings. The molecule has 0 spiro atoms. The lowest BCUT2D eigenvalue weighted by molar-refractivity contribution is -0.126. The number of rotatable bonds is 9. The first kappa shape index (κ1) is 15.9. The third-order valence-corrected chi connectivity index (χ3v) is 3.59. The zero-order valence-corrected chi connectivity index (χ0v) is 12.6. The summed E-state index contributed by atoms with van der Waals surface area (Å²) < 4.78 is 1.73. The van der Waals surface area contributed by atoms with Crippen molar-refractivity contribution in [2.24, 2.45) is 0 Å². The van der Waals surface area contributed by atoms with E-state index >= 15 is 0 Å². The van der Waals surface area contributed by atoms with E-state index in [-0.39, 0.29) is 5.91 Å². The fourth-order valence-corrected chi connectivity index (χ4v) is 2.18. The minimum atomic E-state index is 0.0890. The Morgan fingerprint density at radius 3 is 2.89 bits per heavy atom. The topological polar surface area (TPSA) is 75.9 Å². The molecule has 0 saturated heterocycles. The van der Waals surface area contributed by atoms with Crippen LogP contribution in [-0.2, 0) is 11.3 Å². The molecule has 0 radical (unpaired) electrons. The summed E-state index contributed by atoms with van der Waals surface area (Å²) in [6, 6.07) is 0. The van der Waals surface area contributed by atoms with Crippen molar-refractivity contribution in [1.29, 1.82) is 0 Å². The smallest absolute Gasteiger partial charge is 0.232 e. The van der Waals surface area contributed by atoms with Crippen molar-refractivity contribution in [3.8, 4) is 0 Å². The molecule has 7 nitrogen and oxygen atoms in total. The van der Waals surface area contributed by atoms with Gasteiger partial charge in [0.05, 0.1) is 12.3 Å². The fourth-order valence-electron chi connectivity index (χ4n) is 1.34. The van der Waals surface area contributed by atoms with Gasteiger partial charge in [-0.25, -0.2) is 4.68 Å². The van der Waals surface area contributed by atoms with Gasteiger partial charge in [0, 0.05) is 20.1 Å². The Morgan fingerprint density at radius 2 is 2.21 bits per heavy atom. The van der Waals surface area contributed by atoms with Crippen LogP contribution in [0.25, 0.3) is 0 Å². The molecule has 1 heterocycles. The van der Waals surface area contributed by atoms with Crippen LogP contribution in [0.2, 0.25) is 0 Å². The van der Waals surface area contributed by atoms with E-state index in [2.05, 4.69) is 27.8 Å². The molecule has 0 fully saturated rings. The molecule has 19 heavy (non-hydrogen) atoms. The highest BCUT2D eigenvalue weighted by atomic mass is 32.2. The Morgan fingerprint density at radius 1 is 1.42 bits per heavy atom. The first-order valence-electron chi connectivity index (χ1n) is 6.52. The predicted octanol–water partition coefficient (Wildman–Crippen LogP) is 0.243. The Kier molecular flexibility index (Phi) is 7.42. The Hall–Kier alpha value is -1.15. The second-order valence-electron chi connectivity index (χ2n) is 4.13. The predicted molar refractivity (Wildman–Crippen MR) is 75.0 cm³/mol. The zero-order valence-electron chi connectivity index (χ0n) is 11.8. The lowest BCUT2D eigenvalue weighted by Gasteiger charge is -2.13. The molecule has 0 aromatic carbocycles.